The zero-order valence-corrected chi connectivity index (χ0v) is 11.8. The Balaban J connectivity index is 1.77. The maximum atomic E-state index is 8.84. The van der Waals surface area contributed by atoms with Crippen molar-refractivity contribution in [2.45, 2.75) is 6.54 Å². The van der Waals surface area contributed by atoms with E-state index in [1.54, 1.807) is 18.3 Å². The van der Waals surface area contributed by atoms with Crippen LogP contribution in [0.15, 0.2) is 48.7 Å². The van der Waals surface area contributed by atoms with Crippen LogP contribution in [0.4, 0.5) is 5.69 Å². The molecule has 102 valence electrons. The van der Waals surface area contributed by atoms with Crippen molar-refractivity contribution >= 4 is 28.3 Å². The number of rotatable bonds is 3. The molecule has 0 atom stereocenters. The van der Waals surface area contributed by atoms with E-state index in [4.69, 9.17) is 16.9 Å². The second-order valence-electron chi connectivity index (χ2n) is 4.51. The van der Waals surface area contributed by atoms with Crippen LogP contribution in [0, 0.1) is 11.3 Å². The van der Waals surface area contributed by atoms with Gasteiger partial charge < -0.3 is 5.32 Å². The number of hydrogen-bond donors (Lipinski definition) is 1. The molecule has 21 heavy (non-hydrogen) atoms. The van der Waals surface area contributed by atoms with E-state index in [0.29, 0.717) is 17.1 Å². The molecule has 0 unspecified atom stereocenters. The minimum atomic E-state index is 0.437. The minimum Gasteiger partial charge on any atom is -0.379 e. The van der Waals surface area contributed by atoms with Crippen molar-refractivity contribution < 1.29 is 0 Å². The Hall–Kier alpha value is -2.64. The Morgan fingerprint density at radius 1 is 1.14 bits per heavy atom. The van der Waals surface area contributed by atoms with Crippen LogP contribution in [0.3, 0.4) is 0 Å². The van der Waals surface area contributed by atoms with E-state index >= 15 is 0 Å². The van der Waals surface area contributed by atoms with Crippen LogP contribution in [-0.4, -0.2) is 9.97 Å². The molecular formula is C16H11ClN4. The summed E-state index contributed by atoms with van der Waals surface area (Å²) in [6.45, 7) is 0.542. The van der Waals surface area contributed by atoms with E-state index in [2.05, 4.69) is 15.3 Å². The number of benzene rings is 2. The molecule has 0 spiro atoms. The number of halogens is 1. The zero-order chi connectivity index (χ0) is 14.7. The highest BCUT2D eigenvalue weighted by Crippen LogP contribution is 2.20. The lowest BCUT2D eigenvalue weighted by Gasteiger charge is -2.07. The van der Waals surface area contributed by atoms with Gasteiger partial charge in [-0.25, -0.2) is 4.98 Å². The Morgan fingerprint density at radius 3 is 2.71 bits per heavy atom. The molecule has 5 heteroatoms. The number of nitrogens with zero attached hydrogens (tertiary/aromatic N) is 3. The Kier molecular flexibility index (Phi) is 3.67. The van der Waals surface area contributed by atoms with E-state index in [1.165, 1.54) is 0 Å². The number of nitrogens with one attached hydrogen (secondary N) is 1. The molecule has 0 aliphatic heterocycles. The Morgan fingerprint density at radius 2 is 1.95 bits per heavy atom. The number of hydrogen-bond acceptors (Lipinski definition) is 4. The van der Waals surface area contributed by atoms with E-state index < -0.39 is 0 Å². The molecule has 0 saturated heterocycles. The van der Waals surface area contributed by atoms with Gasteiger partial charge in [0, 0.05) is 5.69 Å². The Labute approximate surface area is 127 Å². The zero-order valence-electron chi connectivity index (χ0n) is 11.0. The third-order valence-electron chi connectivity index (χ3n) is 3.06. The lowest BCUT2D eigenvalue weighted by atomic mass is 10.2. The van der Waals surface area contributed by atoms with Crippen LogP contribution >= 0.6 is 11.6 Å². The molecule has 1 N–H and O–H groups in total. The van der Waals surface area contributed by atoms with E-state index in [9.17, 15) is 0 Å². The number of aromatic nitrogens is 2. The predicted octanol–water partition coefficient (Wildman–Crippen LogP) is 3.77. The number of para-hydroxylation sites is 2. The van der Waals surface area contributed by atoms with Gasteiger partial charge in [0.25, 0.3) is 0 Å². The lowest BCUT2D eigenvalue weighted by molar-refractivity contribution is 1.04. The van der Waals surface area contributed by atoms with E-state index in [1.807, 2.05) is 36.4 Å². The van der Waals surface area contributed by atoms with Gasteiger partial charge in [0.2, 0.25) is 0 Å². The molecular weight excluding hydrogens is 284 g/mol. The molecule has 0 aliphatic rings. The molecule has 2 aromatic carbocycles. The van der Waals surface area contributed by atoms with Crippen molar-refractivity contribution in [3.8, 4) is 6.07 Å². The van der Waals surface area contributed by atoms with Gasteiger partial charge >= 0.3 is 0 Å². The molecule has 4 nitrogen and oxygen atoms in total. The molecule has 0 fully saturated rings. The third kappa shape index (κ3) is 2.93. The summed E-state index contributed by atoms with van der Waals surface area (Å²) in [4.78, 5) is 8.90. The summed E-state index contributed by atoms with van der Waals surface area (Å²) in [5, 5.41) is 12.5. The topological polar surface area (TPSA) is 61.6 Å². The highest BCUT2D eigenvalue weighted by atomic mass is 35.5. The van der Waals surface area contributed by atoms with Crippen LogP contribution < -0.4 is 5.32 Å². The molecule has 3 rings (SSSR count). The van der Waals surface area contributed by atoms with Gasteiger partial charge in [-0.2, -0.15) is 5.26 Å². The smallest absolute Gasteiger partial charge is 0.101 e. The normalized spacial score (nSPS) is 10.3. The third-order valence-corrected chi connectivity index (χ3v) is 3.37. The van der Waals surface area contributed by atoms with Crippen molar-refractivity contribution in [2.75, 3.05) is 5.32 Å². The highest BCUT2D eigenvalue weighted by Gasteiger charge is 2.02. The second kappa shape index (κ2) is 5.78. The molecule has 0 amide bonds. The quantitative estimate of drug-likeness (QED) is 0.799. The molecule has 0 aliphatic carbocycles. The molecule has 0 saturated carbocycles. The van der Waals surface area contributed by atoms with Crippen LogP contribution in [0.5, 0.6) is 0 Å². The van der Waals surface area contributed by atoms with E-state index in [-0.39, 0.29) is 0 Å². The standard InChI is InChI=1S/C16H11ClN4/c17-14-7-12(6-5-11(14)8-18)19-9-13-10-20-15-3-1-2-4-16(15)21-13/h1-7,10,19H,9H2. The first-order chi connectivity index (χ1) is 10.3. The number of fused-ring (bicyclic) bond motifs is 1. The number of nitriles is 1. The molecule has 3 aromatic rings. The van der Waals surface area contributed by atoms with Gasteiger partial charge in [0.05, 0.1) is 40.1 Å². The van der Waals surface area contributed by atoms with Crippen LogP contribution in [-0.2, 0) is 6.54 Å². The summed E-state index contributed by atoms with van der Waals surface area (Å²) in [6, 6.07) is 15.0. The fourth-order valence-electron chi connectivity index (χ4n) is 1.99. The van der Waals surface area contributed by atoms with Crippen molar-refractivity contribution in [1.29, 1.82) is 5.26 Å². The first-order valence-corrected chi connectivity index (χ1v) is 6.78. The van der Waals surface area contributed by atoms with Crippen molar-refractivity contribution in [3.05, 3.63) is 64.9 Å². The largest absolute Gasteiger partial charge is 0.379 e. The summed E-state index contributed by atoms with van der Waals surface area (Å²) < 4.78 is 0. The van der Waals surface area contributed by atoms with Gasteiger partial charge in [-0.15, -0.1) is 0 Å². The summed E-state index contributed by atoms with van der Waals surface area (Å²) in [7, 11) is 0. The van der Waals surface area contributed by atoms with Gasteiger partial charge in [-0.1, -0.05) is 23.7 Å². The van der Waals surface area contributed by atoms with Crippen LogP contribution in [0.2, 0.25) is 5.02 Å². The number of anilines is 1. The van der Waals surface area contributed by atoms with Gasteiger partial charge in [-0.3, -0.25) is 4.98 Å². The first kappa shape index (κ1) is 13.3. The average Bonchev–Trinajstić information content (AvgIpc) is 2.53. The predicted molar refractivity (Wildman–Crippen MR) is 83.0 cm³/mol. The minimum absolute atomic E-state index is 0.437. The monoisotopic (exact) mass is 294 g/mol. The van der Waals surface area contributed by atoms with Crippen LogP contribution in [0.1, 0.15) is 11.3 Å². The van der Waals surface area contributed by atoms with Gasteiger partial charge in [-0.05, 0) is 30.3 Å². The fourth-order valence-corrected chi connectivity index (χ4v) is 2.21. The highest BCUT2D eigenvalue weighted by molar-refractivity contribution is 6.32. The maximum absolute atomic E-state index is 8.84. The van der Waals surface area contributed by atoms with Crippen molar-refractivity contribution in [2.24, 2.45) is 0 Å². The maximum Gasteiger partial charge on any atom is 0.101 e. The molecule has 0 bridgehead atoms. The summed E-state index contributed by atoms with van der Waals surface area (Å²) in [5.74, 6) is 0. The Bertz CT molecular complexity index is 839. The summed E-state index contributed by atoms with van der Waals surface area (Å²) in [6.07, 6.45) is 1.75. The summed E-state index contributed by atoms with van der Waals surface area (Å²) in [5.41, 5.74) is 3.90. The van der Waals surface area contributed by atoms with Gasteiger partial charge in [0.1, 0.15) is 6.07 Å². The summed E-state index contributed by atoms with van der Waals surface area (Å²) >= 11 is 6.00. The lowest BCUT2D eigenvalue weighted by Crippen LogP contribution is -2.02. The molecule has 0 radical (unpaired) electrons. The molecule has 1 aromatic heterocycles. The van der Waals surface area contributed by atoms with Gasteiger partial charge in [0.15, 0.2) is 0 Å². The average molecular weight is 295 g/mol. The second-order valence-corrected chi connectivity index (χ2v) is 4.92. The SMILES string of the molecule is N#Cc1ccc(NCc2cnc3ccccc3n2)cc1Cl. The van der Waals surface area contributed by atoms with E-state index in [0.717, 1.165) is 22.4 Å². The van der Waals surface area contributed by atoms with Crippen LogP contribution in [0.25, 0.3) is 11.0 Å². The molecule has 1 heterocycles. The van der Waals surface area contributed by atoms with Crippen molar-refractivity contribution in [3.63, 3.8) is 0 Å². The van der Waals surface area contributed by atoms with Crippen molar-refractivity contribution in [1.82, 2.24) is 9.97 Å². The first-order valence-electron chi connectivity index (χ1n) is 6.40. The fraction of sp³-hybridized carbons (Fsp3) is 0.0625.